The monoisotopic (exact) mass is 412 g/mol. The van der Waals surface area contributed by atoms with Gasteiger partial charge < -0.3 is 13.6 Å². The molecule has 0 radical (unpaired) electrons. The molecule has 4 saturated carbocycles. The SMILES string of the molecule is Fc1ccc(OCc2ccc(-c3nnc(C45CC6CC(CC(C6)C4)C5)o3)o2)c(F)c1. The van der Waals surface area contributed by atoms with Crippen LogP contribution in [-0.4, -0.2) is 10.2 Å². The van der Waals surface area contributed by atoms with Crippen LogP contribution in [0.15, 0.2) is 39.2 Å². The Kier molecular flexibility index (Phi) is 4.01. The molecular weight excluding hydrogens is 390 g/mol. The highest BCUT2D eigenvalue weighted by atomic mass is 19.1. The fourth-order valence-corrected chi connectivity index (χ4v) is 6.22. The average Bonchev–Trinajstić information content (AvgIpc) is 3.36. The molecule has 5 nitrogen and oxygen atoms in total. The molecule has 0 aliphatic heterocycles. The van der Waals surface area contributed by atoms with Crippen LogP contribution >= 0.6 is 0 Å². The highest BCUT2D eigenvalue weighted by molar-refractivity contribution is 5.44. The van der Waals surface area contributed by atoms with Crippen LogP contribution in [0, 0.1) is 29.4 Å². The van der Waals surface area contributed by atoms with Gasteiger partial charge in [0.1, 0.15) is 18.2 Å². The summed E-state index contributed by atoms with van der Waals surface area (Å²) in [4.78, 5) is 0. The number of furan rings is 1. The number of halogens is 2. The van der Waals surface area contributed by atoms with Crippen molar-refractivity contribution in [3.63, 3.8) is 0 Å². The van der Waals surface area contributed by atoms with E-state index in [4.69, 9.17) is 13.6 Å². The quantitative estimate of drug-likeness (QED) is 0.542. The van der Waals surface area contributed by atoms with Gasteiger partial charge in [0.2, 0.25) is 5.89 Å². The Bertz CT molecular complexity index is 1050. The van der Waals surface area contributed by atoms with Gasteiger partial charge in [0.25, 0.3) is 5.89 Å². The normalized spacial score (nSPS) is 29.5. The average molecular weight is 412 g/mol. The molecule has 0 amide bonds. The zero-order valence-electron chi connectivity index (χ0n) is 16.4. The van der Waals surface area contributed by atoms with Crippen LogP contribution in [0.4, 0.5) is 8.78 Å². The van der Waals surface area contributed by atoms with Gasteiger partial charge in [-0.3, -0.25) is 0 Å². The number of rotatable bonds is 5. The van der Waals surface area contributed by atoms with Crippen LogP contribution < -0.4 is 4.74 Å². The standard InChI is InChI=1S/C23H22F2N2O3/c24-16-1-3-19(18(25)8-16)28-12-17-2-4-20(29-17)21-26-27-22(30-21)23-9-13-5-14(10-23)7-15(6-13)11-23/h1-4,8,13-15H,5-7,9-12H2. The van der Waals surface area contributed by atoms with Crippen molar-refractivity contribution in [2.75, 3.05) is 0 Å². The minimum atomic E-state index is -0.751. The Hall–Kier alpha value is -2.70. The number of ether oxygens (including phenoxy) is 1. The van der Waals surface area contributed by atoms with Gasteiger partial charge >= 0.3 is 0 Å². The van der Waals surface area contributed by atoms with E-state index in [2.05, 4.69) is 10.2 Å². The molecule has 0 N–H and O–H groups in total. The summed E-state index contributed by atoms with van der Waals surface area (Å²) < 4.78 is 44.0. The van der Waals surface area contributed by atoms with E-state index in [1.165, 1.54) is 25.3 Å². The second-order valence-electron chi connectivity index (χ2n) is 9.24. The summed E-state index contributed by atoms with van der Waals surface area (Å²) in [6, 6.07) is 6.66. The molecule has 2 aromatic heterocycles. The largest absolute Gasteiger partial charge is 0.483 e. The Morgan fingerprint density at radius 2 is 1.67 bits per heavy atom. The third-order valence-corrected chi connectivity index (χ3v) is 7.05. The van der Waals surface area contributed by atoms with E-state index in [9.17, 15) is 8.78 Å². The highest BCUT2D eigenvalue weighted by Crippen LogP contribution is 2.60. The van der Waals surface area contributed by atoms with Crippen LogP contribution in [0.5, 0.6) is 5.75 Å². The third-order valence-electron chi connectivity index (χ3n) is 7.05. The van der Waals surface area contributed by atoms with Gasteiger partial charge in [-0.1, -0.05) is 0 Å². The Morgan fingerprint density at radius 3 is 2.37 bits per heavy atom. The summed E-state index contributed by atoms with van der Waals surface area (Å²) in [5.41, 5.74) is 0.0403. The lowest BCUT2D eigenvalue weighted by Crippen LogP contribution is -2.48. The van der Waals surface area contributed by atoms with Gasteiger partial charge in [-0.05, 0) is 80.5 Å². The lowest BCUT2D eigenvalue weighted by molar-refractivity contribution is -0.0176. The molecule has 156 valence electrons. The van der Waals surface area contributed by atoms with Gasteiger partial charge in [0.05, 0.1) is 0 Å². The molecule has 30 heavy (non-hydrogen) atoms. The Labute approximate surface area is 172 Å². The van der Waals surface area contributed by atoms with E-state index in [1.807, 2.05) is 0 Å². The van der Waals surface area contributed by atoms with E-state index in [1.54, 1.807) is 12.1 Å². The van der Waals surface area contributed by atoms with E-state index in [-0.39, 0.29) is 17.8 Å². The molecule has 2 heterocycles. The molecule has 4 bridgehead atoms. The predicted octanol–water partition coefficient (Wildman–Crippen LogP) is 5.65. The molecule has 7 heteroatoms. The second kappa shape index (κ2) is 6.65. The summed E-state index contributed by atoms with van der Waals surface area (Å²) in [6.07, 6.45) is 7.53. The summed E-state index contributed by atoms with van der Waals surface area (Å²) in [7, 11) is 0. The van der Waals surface area contributed by atoms with Crippen molar-refractivity contribution in [2.45, 2.75) is 50.5 Å². The molecule has 0 spiro atoms. The van der Waals surface area contributed by atoms with E-state index < -0.39 is 11.6 Å². The Balaban J connectivity index is 1.18. The molecule has 0 saturated heterocycles. The van der Waals surface area contributed by atoms with Crippen molar-refractivity contribution in [3.8, 4) is 17.4 Å². The smallest absolute Gasteiger partial charge is 0.283 e. The molecule has 0 atom stereocenters. The molecular formula is C23H22F2N2O3. The molecule has 4 fully saturated rings. The minimum Gasteiger partial charge on any atom is -0.483 e. The van der Waals surface area contributed by atoms with Crippen molar-refractivity contribution in [3.05, 3.63) is 53.6 Å². The summed E-state index contributed by atoms with van der Waals surface area (Å²) in [5.74, 6) is 3.03. The number of aromatic nitrogens is 2. The molecule has 3 aromatic rings. The maximum atomic E-state index is 13.7. The maximum Gasteiger partial charge on any atom is 0.283 e. The Morgan fingerprint density at radius 1 is 0.933 bits per heavy atom. The summed E-state index contributed by atoms with van der Waals surface area (Å²) in [6.45, 7) is 0.0124. The minimum absolute atomic E-state index is 0.0124. The van der Waals surface area contributed by atoms with Gasteiger partial charge in [0, 0.05) is 11.5 Å². The molecule has 4 aliphatic rings. The molecule has 7 rings (SSSR count). The van der Waals surface area contributed by atoms with Gasteiger partial charge in [-0.15, -0.1) is 10.2 Å². The first kappa shape index (κ1) is 18.1. The zero-order valence-corrected chi connectivity index (χ0v) is 16.4. The fraction of sp³-hybridized carbons (Fsp3) is 0.478. The molecule has 4 aliphatic carbocycles. The number of benzene rings is 1. The van der Waals surface area contributed by atoms with Crippen LogP contribution in [0.3, 0.4) is 0 Å². The van der Waals surface area contributed by atoms with Gasteiger partial charge in [-0.25, -0.2) is 8.78 Å². The van der Waals surface area contributed by atoms with Crippen molar-refractivity contribution < 1.29 is 22.4 Å². The van der Waals surface area contributed by atoms with E-state index >= 15 is 0 Å². The highest BCUT2D eigenvalue weighted by Gasteiger charge is 2.54. The molecule has 0 unspecified atom stereocenters. The lowest BCUT2D eigenvalue weighted by Gasteiger charge is -2.55. The summed E-state index contributed by atoms with van der Waals surface area (Å²) in [5, 5.41) is 8.66. The fourth-order valence-electron chi connectivity index (χ4n) is 6.22. The van der Waals surface area contributed by atoms with Crippen LogP contribution in [0.25, 0.3) is 11.7 Å². The second-order valence-corrected chi connectivity index (χ2v) is 9.24. The van der Waals surface area contributed by atoms with Crippen LogP contribution in [-0.2, 0) is 12.0 Å². The van der Waals surface area contributed by atoms with Crippen LogP contribution in [0.1, 0.15) is 50.2 Å². The first-order valence-corrected chi connectivity index (χ1v) is 10.6. The van der Waals surface area contributed by atoms with E-state index in [0.29, 0.717) is 17.4 Å². The van der Waals surface area contributed by atoms with Gasteiger partial charge in [0.15, 0.2) is 17.3 Å². The maximum absolute atomic E-state index is 13.7. The van der Waals surface area contributed by atoms with Gasteiger partial charge in [-0.2, -0.15) is 0 Å². The van der Waals surface area contributed by atoms with Crippen molar-refractivity contribution in [1.29, 1.82) is 0 Å². The number of hydrogen-bond acceptors (Lipinski definition) is 5. The van der Waals surface area contributed by atoms with Crippen LogP contribution in [0.2, 0.25) is 0 Å². The number of hydrogen-bond donors (Lipinski definition) is 0. The first-order valence-electron chi connectivity index (χ1n) is 10.6. The van der Waals surface area contributed by atoms with E-state index in [0.717, 1.165) is 55.0 Å². The zero-order chi connectivity index (χ0) is 20.3. The summed E-state index contributed by atoms with van der Waals surface area (Å²) >= 11 is 0. The first-order chi connectivity index (χ1) is 14.6. The molecule has 1 aromatic carbocycles. The topological polar surface area (TPSA) is 61.3 Å². The van der Waals surface area contributed by atoms with Crippen molar-refractivity contribution >= 4 is 0 Å². The lowest BCUT2D eigenvalue weighted by atomic mass is 9.49. The predicted molar refractivity (Wildman–Crippen MR) is 103 cm³/mol. The number of nitrogens with zero attached hydrogens (tertiary/aromatic N) is 2. The third kappa shape index (κ3) is 3.02. The van der Waals surface area contributed by atoms with Crippen molar-refractivity contribution in [2.24, 2.45) is 17.8 Å². The van der Waals surface area contributed by atoms with Crippen molar-refractivity contribution in [1.82, 2.24) is 10.2 Å².